The Morgan fingerprint density at radius 3 is 2.39 bits per heavy atom. The van der Waals surface area contributed by atoms with Crippen LogP contribution in [0.25, 0.3) is 0 Å². The van der Waals surface area contributed by atoms with E-state index in [1.54, 1.807) is 19.9 Å². The van der Waals surface area contributed by atoms with Crippen LogP contribution >= 0.6 is 0 Å². The highest BCUT2D eigenvalue weighted by Gasteiger charge is 2.15. The molecule has 0 saturated heterocycles. The van der Waals surface area contributed by atoms with Gasteiger partial charge in [0, 0.05) is 18.3 Å². The maximum absolute atomic E-state index is 11.8. The zero-order valence-corrected chi connectivity index (χ0v) is 12.2. The summed E-state index contributed by atoms with van der Waals surface area (Å²) in [6.45, 7) is 8.20. The van der Waals surface area contributed by atoms with E-state index in [4.69, 9.17) is 0 Å². The number of nitrogens with one attached hydrogen (secondary N) is 2. The van der Waals surface area contributed by atoms with Crippen LogP contribution < -0.4 is 10.0 Å². The van der Waals surface area contributed by atoms with Crippen LogP contribution in [0.15, 0.2) is 24.3 Å². The molecule has 0 unspecified atom stereocenters. The van der Waals surface area contributed by atoms with Crippen LogP contribution in [0, 0.1) is 0 Å². The lowest BCUT2D eigenvalue weighted by Crippen LogP contribution is -2.23. The Morgan fingerprint density at radius 2 is 1.83 bits per heavy atom. The molecule has 18 heavy (non-hydrogen) atoms. The van der Waals surface area contributed by atoms with Gasteiger partial charge in [0.05, 0.1) is 5.25 Å². The van der Waals surface area contributed by atoms with E-state index in [9.17, 15) is 8.42 Å². The van der Waals surface area contributed by atoms with E-state index < -0.39 is 15.3 Å². The SMILES string of the molecule is CC(C)NCc1cccc(NS(=O)(=O)C(C)C)c1. The van der Waals surface area contributed by atoms with Gasteiger partial charge >= 0.3 is 0 Å². The van der Waals surface area contributed by atoms with Crippen LogP contribution in [0.5, 0.6) is 0 Å². The lowest BCUT2D eigenvalue weighted by atomic mass is 10.2. The summed E-state index contributed by atoms with van der Waals surface area (Å²) in [7, 11) is -3.27. The zero-order valence-electron chi connectivity index (χ0n) is 11.4. The summed E-state index contributed by atoms with van der Waals surface area (Å²) < 4.78 is 26.1. The van der Waals surface area contributed by atoms with Crippen molar-refractivity contribution in [3.63, 3.8) is 0 Å². The first kappa shape index (κ1) is 15.0. The van der Waals surface area contributed by atoms with Crippen molar-refractivity contribution in [1.29, 1.82) is 0 Å². The monoisotopic (exact) mass is 270 g/mol. The molecular weight excluding hydrogens is 248 g/mol. The van der Waals surface area contributed by atoms with Crippen LogP contribution in [0.4, 0.5) is 5.69 Å². The molecular formula is C13H22N2O2S. The second-order valence-electron chi connectivity index (χ2n) is 4.93. The summed E-state index contributed by atoms with van der Waals surface area (Å²) in [5, 5.41) is 2.86. The lowest BCUT2D eigenvalue weighted by molar-refractivity contribution is 0.588. The number of sulfonamides is 1. The van der Waals surface area contributed by atoms with Crippen molar-refractivity contribution in [3.8, 4) is 0 Å². The largest absolute Gasteiger partial charge is 0.310 e. The van der Waals surface area contributed by atoms with Crippen LogP contribution in [-0.4, -0.2) is 19.7 Å². The minimum Gasteiger partial charge on any atom is -0.310 e. The molecule has 1 rings (SSSR count). The first-order valence-corrected chi connectivity index (χ1v) is 7.70. The van der Waals surface area contributed by atoms with Crippen molar-refractivity contribution in [2.75, 3.05) is 4.72 Å². The zero-order chi connectivity index (χ0) is 13.8. The molecule has 0 aliphatic rings. The summed E-state index contributed by atoms with van der Waals surface area (Å²) in [4.78, 5) is 0. The predicted molar refractivity (Wildman–Crippen MR) is 76.1 cm³/mol. The summed E-state index contributed by atoms with van der Waals surface area (Å²) in [6.07, 6.45) is 0. The highest BCUT2D eigenvalue weighted by atomic mass is 32.2. The summed E-state index contributed by atoms with van der Waals surface area (Å²) in [5.41, 5.74) is 1.68. The van der Waals surface area contributed by atoms with Gasteiger partial charge in [-0.1, -0.05) is 26.0 Å². The van der Waals surface area contributed by atoms with Crippen LogP contribution in [0.1, 0.15) is 33.3 Å². The van der Waals surface area contributed by atoms with E-state index in [2.05, 4.69) is 23.9 Å². The van der Waals surface area contributed by atoms with Gasteiger partial charge in [0.2, 0.25) is 10.0 Å². The molecule has 1 aromatic rings. The summed E-state index contributed by atoms with van der Waals surface area (Å²) in [6, 6.07) is 7.85. The first-order valence-electron chi connectivity index (χ1n) is 6.15. The molecule has 0 saturated carbocycles. The van der Waals surface area contributed by atoms with E-state index in [1.165, 1.54) is 0 Å². The molecule has 0 amide bonds. The molecule has 0 fully saturated rings. The molecule has 2 N–H and O–H groups in total. The quantitative estimate of drug-likeness (QED) is 0.834. The van der Waals surface area contributed by atoms with Crippen LogP contribution in [0.3, 0.4) is 0 Å². The van der Waals surface area contributed by atoms with E-state index in [0.717, 1.165) is 12.1 Å². The Bertz CT molecular complexity index is 482. The van der Waals surface area contributed by atoms with Gasteiger partial charge in [-0.3, -0.25) is 4.72 Å². The number of hydrogen-bond donors (Lipinski definition) is 2. The third kappa shape index (κ3) is 4.66. The van der Waals surface area contributed by atoms with Gasteiger partial charge in [0.1, 0.15) is 0 Å². The van der Waals surface area contributed by atoms with Gasteiger partial charge in [-0.2, -0.15) is 0 Å². The standard InChI is InChI=1S/C13H22N2O2S/c1-10(2)14-9-12-6-5-7-13(8-12)15-18(16,17)11(3)4/h5-8,10-11,14-15H,9H2,1-4H3. The number of rotatable bonds is 6. The van der Waals surface area contributed by atoms with Crippen LogP contribution in [0.2, 0.25) is 0 Å². The second-order valence-corrected chi connectivity index (χ2v) is 7.17. The van der Waals surface area contributed by atoms with Crippen molar-refractivity contribution in [3.05, 3.63) is 29.8 Å². The van der Waals surface area contributed by atoms with E-state index >= 15 is 0 Å². The highest BCUT2D eigenvalue weighted by Crippen LogP contribution is 2.14. The Kier molecular flexibility index (Phi) is 5.16. The fourth-order valence-electron chi connectivity index (χ4n) is 1.35. The normalized spacial score (nSPS) is 12.1. The molecule has 0 aromatic heterocycles. The molecule has 0 aliphatic heterocycles. The van der Waals surface area contributed by atoms with Gasteiger partial charge in [-0.25, -0.2) is 8.42 Å². The van der Waals surface area contributed by atoms with Crippen molar-refractivity contribution >= 4 is 15.7 Å². The fourth-order valence-corrected chi connectivity index (χ4v) is 2.04. The Balaban J connectivity index is 2.77. The third-order valence-electron chi connectivity index (χ3n) is 2.52. The van der Waals surface area contributed by atoms with Gasteiger partial charge in [0.15, 0.2) is 0 Å². The third-order valence-corrected chi connectivity index (χ3v) is 4.28. The Hall–Kier alpha value is -1.07. The maximum atomic E-state index is 11.8. The summed E-state index contributed by atoms with van der Waals surface area (Å²) >= 11 is 0. The fraction of sp³-hybridized carbons (Fsp3) is 0.538. The smallest absolute Gasteiger partial charge is 0.235 e. The molecule has 5 heteroatoms. The number of anilines is 1. The van der Waals surface area contributed by atoms with Gasteiger partial charge in [0.25, 0.3) is 0 Å². The highest BCUT2D eigenvalue weighted by molar-refractivity contribution is 7.93. The second kappa shape index (κ2) is 6.20. The average molecular weight is 270 g/mol. The van der Waals surface area contributed by atoms with E-state index in [-0.39, 0.29) is 0 Å². The Labute approximate surface area is 110 Å². The predicted octanol–water partition coefficient (Wildman–Crippen LogP) is 2.33. The van der Waals surface area contributed by atoms with Crippen molar-refractivity contribution in [2.24, 2.45) is 0 Å². The minimum atomic E-state index is -3.27. The first-order chi connectivity index (χ1) is 8.31. The molecule has 0 aliphatic carbocycles. The van der Waals surface area contributed by atoms with Crippen molar-refractivity contribution in [2.45, 2.75) is 45.5 Å². The van der Waals surface area contributed by atoms with E-state index in [0.29, 0.717) is 11.7 Å². The molecule has 0 heterocycles. The molecule has 0 spiro atoms. The molecule has 4 nitrogen and oxygen atoms in total. The lowest BCUT2D eigenvalue weighted by Gasteiger charge is -2.12. The van der Waals surface area contributed by atoms with Crippen LogP contribution in [-0.2, 0) is 16.6 Å². The molecule has 0 atom stereocenters. The molecule has 102 valence electrons. The minimum absolute atomic E-state index is 0.404. The number of benzene rings is 1. The summed E-state index contributed by atoms with van der Waals surface area (Å²) in [5.74, 6) is 0. The van der Waals surface area contributed by atoms with Gasteiger partial charge < -0.3 is 5.32 Å². The average Bonchev–Trinajstić information content (AvgIpc) is 2.26. The molecule has 1 aromatic carbocycles. The van der Waals surface area contributed by atoms with Crippen molar-refractivity contribution < 1.29 is 8.42 Å². The topological polar surface area (TPSA) is 58.2 Å². The molecule has 0 radical (unpaired) electrons. The molecule has 0 bridgehead atoms. The van der Waals surface area contributed by atoms with Gasteiger partial charge in [-0.15, -0.1) is 0 Å². The maximum Gasteiger partial charge on any atom is 0.235 e. The van der Waals surface area contributed by atoms with E-state index in [1.807, 2.05) is 18.2 Å². The van der Waals surface area contributed by atoms with Gasteiger partial charge in [-0.05, 0) is 31.5 Å². The number of hydrogen-bond acceptors (Lipinski definition) is 3. The Morgan fingerprint density at radius 1 is 1.17 bits per heavy atom. The van der Waals surface area contributed by atoms with Crippen molar-refractivity contribution in [1.82, 2.24) is 5.32 Å².